The largest absolute Gasteiger partial charge is 0.479 e. The fourth-order valence-corrected chi connectivity index (χ4v) is 3.51. The second-order valence-electron chi connectivity index (χ2n) is 6.81. The predicted octanol–water partition coefficient (Wildman–Crippen LogP) is 2.05. The minimum absolute atomic E-state index is 0.0651. The normalized spacial score (nSPS) is 18.1. The van der Waals surface area contributed by atoms with E-state index < -0.39 is 29.2 Å². The van der Waals surface area contributed by atoms with Crippen LogP contribution in [0.5, 0.6) is 5.75 Å². The number of benzene rings is 1. The number of piperidine rings is 1. The number of H-pyrrole nitrogens is 1. The van der Waals surface area contributed by atoms with E-state index in [9.17, 15) is 19.5 Å². The van der Waals surface area contributed by atoms with Gasteiger partial charge in [-0.05, 0) is 31.0 Å². The van der Waals surface area contributed by atoms with Gasteiger partial charge in [0.25, 0.3) is 5.56 Å². The topological polar surface area (TPSA) is 129 Å². The van der Waals surface area contributed by atoms with Crippen molar-refractivity contribution in [1.29, 1.82) is 0 Å². The lowest BCUT2D eigenvalue weighted by atomic mass is 9.89. The highest BCUT2D eigenvalue weighted by Crippen LogP contribution is 2.34. The summed E-state index contributed by atoms with van der Waals surface area (Å²) in [5.41, 5.74) is -0.361. The monoisotopic (exact) mass is 398 g/mol. The van der Waals surface area contributed by atoms with E-state index in [0.29, 0.717) is 12.6 Å². The van der Waals surface area contributed by atoms with Gasteiger partial charge in [0.2, 0.25) is 0 Å². The highest BCUT2D eigenvalue weighted by Gasteiger charge is 2.29. The smallest absolute Gasteiger partial charge is 0.336 e. The molecule has 0 amide bonds. The molecule has 0 unspecified atom stereocenters. The van der Waals surface area contributed by atoms with Gasteiger partial charge in [0.05, 0.1) is 5.57 Å². The van der Waals surface area contributed by atoms with Gasteiger partial charge in [-0.25, -0.2) is 9.59 Å². The molecule has 2 atom stereocenters. The van der Waals surface area contributed by atoms with Crippen LogP contribution in [0.4, 0.5) is 0 Å². The van der Waals surface area contributed by atoms with E-state index in [1.165, 1.54) is 12.3 Å². The van der Waals surface area contributed by atoms with Crippen molar-refractivity contribution in [3.63, 3.8) is 0 Å². The van der Waals surface area contributed by atoms with Gasteiger partial charge < -0.3 is 25.3 Å². The second kappa shape index (κ2) is 9.20. The molecule has 8 nitrogen and oxygen atoms in total. The third-order valence-corrected chi connectivity index (χ3v) is 4.84. The van der Waals surface area contributed by atoms with Crippen LogP contribution in [0.1, 0.15) is 30.1 Å². The van der Waals surface area contributed by atoms with Gasteiger partial charge in [-0.1, -0.05) is 30.3 Å². The van der Waals surface area contributed by atoms with Gasteiger partial charge in [-0.15, -0.1) is 0 Å². The van der Waals surface area contributed by atoms with Gasteiger partial charge >= 0.3 is 11.9 Å². The molecule has 1 aromatic carbocycles. The summed E-state index contributed by atoms with van der Waals surface area (Å²) in [5, 5.41) is 21.8. The van der Waals surface area contributed by atoms with Gasteiger partial charge in [-0.2, -0.15) is 0 Å². The summed E-state index contributed by atoms with van der Waals surface area (Å²) in [6.07, 6.45) is 3.16. The molecule has 1 fully saturated rings. The molecule has 4 N–H and O–H groups in total. The maximum absolute atomic E-state index is 12.5. The molecule has 0 spiro atoms. The van der Waals surface area contributed by atoms with Gasteiger partial charge in [-0.3, -0.25) is 4.79 Å². The molecular formula is C21H22N2O6. The Morgan fingerprint density at radius 3 is 2.55 bits per heavy atom. The summed E-state index contributed by atoms with van der Waals surface area (Å²) >= 11 is 0. The molecule has 0 saturated carbocycles. The Balaban J connectivity index is 2.07. The predicted molar refractivity (Wildman–Crippen MR) is 106 cm³/mol. The Labute approximate surface area is 166 Å². The molecule has 2 heterocycles. The standard InChI is InChI=1S/C21H22N2O6/c24-17(25)11-16(21(27)28)15-8-10-23-20(26)19(15)29-18(13-5-2-1-3-6-13)14-7-4-9-22-12-14/h1-3,5-6,8,10-11,14,18,22H,4,7,9,12H2,(H,23,26)(H,24,25)(H,27,28)/b16-11+/t14-,18-/m0/s1. The number of aromatic nitrogens is 1. The number of hydrogen-bond donors (Lipinski definition) is 4. The van der Waals surface area contributed by atoms with Gasteiger partial charge in [0, 0.05) is 30.3 Å². The lowest BCUT2D eigenvalue weighted by Crippen LogP contribution is -2.36. The number of carboxylic acid groups (broad SMARTS) is 2. The third-order valence-electron chi connectivity index (χ3n) is 4.84. The number of aromatic amines is 1. The van der Waals surface area contributed by atoms with Crippen molar-refractivity contribution in [1.82, 2.24) is 10.3 Å². The van der Waals surface area contributed by atoms with Crippen molar-refractivity contribution < 1.29 is 24.5 Å². The summed E-state index contributed by atoms with van der Waals surface area (Å²) in [5.74, 6) is -3.03. The van der Waals surface area contributed by atoms with Crippen LogP contribution in [0.25, 0.3) is 5.57 Å². The molecule has 2 aromatic rings. The number of ether oxygens (including phenoxy) is 1. The number of pyridine rings is 1. The third kappa shape index (κ3) is 4.91. The number of rotatable bonds is 7. The molecule has 152 valence electrons. The molecule has 1 aromatic heterocycles. The molecule has 0 radical (unpaired) electrons. The quantitative estimate of drug-likeness (QED) is 0.525. The summed E-state index contributed by atoms with van der Waals surface area (Å²) in [4.78, 5) is 37.8. The molecular weight excluding hydrogens is 376 g/mol. The Morgan fingerprint density at radius 2 is 1.93 bits per heavy atom. The maximum atomic E-state index is 12.5. The minimum atomic E-state index is -1.46. The zero-order valence-electron chi connectivity index (χ0n) is 15.6. The van der Waals surface area contributed by atoms with Crippen LogP contribution in [0.15, 0.2) is 53.5 Å². The van der Waals surface area contributed by atoms with E-state index in [2.05, 4.69) is 10.3 Å². The molecule has 1 saturated heterocycles. The van der Waals surface area contributed by atoms with Crippen molar-refractivity contribution in [3.05, 3.63) is 70.2 Å². The molecule has 1 aliphatic rings. The lowest BCUT2D eigenvalue weighted by Gasteiger charge is -2.31. The number of nitrogens with one attached hydrogen (secondary N) is 2. The van der Waals surface area contributed by atoms with Crippen LogP contribution in [-0.4, -0.2) is 40.2 Å². The average Bonchev–Trinajstić information content (AvgIpc) is 2.72. The second-order valence-corrected chi connectivity index (χ2v) is 6.81. The fourth-order valence-electron chi connectivity index (χ4n) is 3.51. The van der Waals surface area contributed by atoms with Crippen LogP contribution < -0.4 is 15.6 Å². The van der Waals surface area contributed by atoms with E-state index >= 15 is 0 Å². The first kappa shape index (κ1) is 20.3. The summed E-state index contributed by atoms with van der Waals surface area (Å²) < 4.78 is 6.13. The van der Waals surface area contributed by atoms with E-state index in [4.69, 9.17) is 9.84 Å². The van der Waals surface area contributed by atoms with Gasteiger partial charge in [0.15, 0.2) is 5.75 Å². The molecule has 0 aliphatic carbocycles. The SMILES string of the molecule is O=C(O)/C=C(/C(=O)O)c1cc[nH]c(=O)c1O[C@@H](c1ccccc1)[C@H]1CCCNC1. The van der Waals surface area contributed by atoms with Crippen molar-refractivity contribution in [2.45, 2.75) is 18.9 Å². The Hall–Kier alpha value is -3.39. The van der Waals surface area contributed by atoms with Crippen LogP contribution in [-0.2, 0) is 9.59 Å². The van der Waals surface area contributed by atoms with Gasteiger partial charge in [0.1, 0.15) is 6.10 Å². The first-order chi connectivity index (χ1) is 14.0. The number of carbonyl (C=O) groups is 2. The number of hydrogen-bond acceptors (Lipinski definition) is 5. The molecule has 8 heteroatoms. The minimum Gasteiger partial charge on any atom is -0.479 e. The molecule has 0 bridgehead atoms. The van der Waals surface area contributed by atoms with Crippen molar-refractivity contribution in [2.75, 3.05) is 13.1 Å². The van der Waals surface area contributed by atoms with Crippen LogP contribution in [0, 0.1) is 5.92 Å². The fraction of sp³-hybridized carbons (Fsp3) is 0.286. The van der Waals surface area contributed by atoms with Crippen molar-refractivity contribution in [2.24, 2.45) is 5.92 Å². The average molecular weight is 398 g/mol. The highest BCUT2D eigenvalue weighted by atomic mass is 16.5. The first-order valence-electron chi connectivity index (χ1n) is 9.29. The zero-order chi connectivity index (χ0) is 20.8. The Kier molecular flexibility index (Phi) is 6.46. The maximum Gasteiger partial charge on any atom is 0.336 e. The van der Waals surface area contributed by atoms with E-state index in [0.717, 1.165) is 24.9 Å². The van der Waals surface area contributed by atoms with E-state index in [-0.39, 0.29) is 17.2 Å². The van der Waals surface area contributed by atoms with E-state index in [1.54, 1.807) is 0 Å². The Morgan fingerprint density at radius 1 is 1.17 bits per heavy atom. The summed E-state index contributed by atoms with van der Waals surface area (Å²) in [7, 11) is 0. The summed E-state index contributed by atoms with van der Waals surface area (Å²) in [6.45, 7) is 1.59. The van der Waals surface area contributed by atoms with Crippen molar-refractivity contribution in [3.8, 4) is 5.75 Å². The zero-order valence-corrected chi connectivity index (χ0v) is 15.6. The summed E-state index contributed by atoms with van der Waals surface area (Å²) in [6, 6.07) is 10.7. The Bertz CT molecular complexity index is 961. The number of carboxylic acids is 2. The highest BCUT2D eigenvalue weighted by molar-refractivity contribution is 6.20. The first-order valence-corrected chi connectivity index (χ1v) is 9.29. The lowest BCUT2D eigenvalue weighted by molar-refractivity contribution is -0.133. The number of aliphatic carboxylic acids is 2. The molecule has 1 aliphatic heterocycles. The van der Waals surface area contributed by atoms with E-state index in [1.807, 2.05) is 30.3 Å². The van der Waals surface area contributed by atoms with Crippen LogP contribution >= 0.6 is 0 Å². The molecule has 3 rings (SSSR count). The van der Waals surface area contributed by atoms with Crippen LogP contribution in [0.2, 0.25) is 0 Å². The van der Waals surface area contributed by atoms with Crippen molar-refractivity contribution >= 4 is 17.5 Å². The van der Waals surface area contributed by atoms with Crippen LogP contribution in [0.3, 0.4) is 0 Å². The molecule has 29 heavy (non-hydrogen) atoms.